The first-order valence-corrected chi connectivity index (χ1v) is 17.5. The third kappa shape index (κ3) is 11.9. The molecule has 2 amide bonds. The van der Waals surface area contributed by atoms with Gasteiger partial charge in [0, 0.05) is 17.7 Å². The minimum atomic E-state index is -1.41. The van der Waals surface area contributed by atoms with Crippen LogP contribution in [0.15, 0.2) is 41.5 Å². The van der Waals surface area contributed by atoms with Crippen LogP contribution in [0.25, 0.3) is 11.2 Å². The van der Waals surface area contributed by atoms with Crippen molar-refractivity contribution in [3.8, 4) is 0 Å². The molecule has 306 valence electrons. The molecule has 1 fully saturated rings. The third-order valence-corrected chi connectivity index (χ3v) is 8.23. The highest BCUT2D eigenvalue weighted by atomic mass is 19.1. The van der Waals surface area contributed by atoms with E-state index in [1.807, 2.05) is 6.92 Å². The standard InChI is InChI=1S/C19H20N8O5.C15H22FN3O6/c20-15-14-16(27-19(21)26-15)23-8-11(24-14)7-22-10-3-1-9(2-4-10)17(30)25-12(18(31)32)5-6-13(28)29;1-3-4-5-6-24-15(23)18-12-9(16)7-19(14(22)17-12)13-11(21)10(20)8(2)25-13/h1-4,8,12,22H,5-7H2,(H,25,30)(H,28,29)(H,31,32)(H4,20,21,23,26,27);7-8,10-11,13,20-21H,3-6H2,1-2H3,(H,17,18,22,23)/t;8-,10-,11-,13-/m.1/s1. The molecule has 0 radical (unpaired) electrons. The van der Waals surface area contributed by atoms with E-state index in [9.17, 15) is 38.6 Å². The summed E-state index contributed by atoms with van der Waals surface area (Å²) in [4.78, 5) is 77.5. The quantitative estimate of drug-likeness (QED) is 0.0757. The van der Waals surface area contributed by atoms with Crippen LogP contribution in [0.3, 0.4) is 0 Å². The van der Waals surface area contributed by atoms with E-state index in [1.54, 1.807) is 12.1 Å². The fourth-order valence-corrected chi connectivity index (χ4v) is 5.19. The van der Waals surface area contributed by atoms with Crippen LogP contribution in [-0.2, 0) is 25.6 Å². The summed E-state index contributed by atoms with van der Waals surface area (Å²) >= 11 is 0. The van der Waals surface area contributed by atoms with Gasteiger partial charge in [-0.15, -0.1) is 0 Å². The Morgan fingerprint density at radius 3 is 2.39 bits per heavy atom. The summed E-state index contributed by atoms with van der Waals surface area (Å²) in [5.74, 6) is -4.52. The van der Waals surface area contributed by atoms with Crippen molar-refractivity contribution in [2.75, 3.05) is 28.7 Å². The topological polar surface area (TPSA) is 342 Å². The number of nitrogens with one attached hydrogen (secondary N) is 3. The van der Waals surface area contributed by atoms with Gasteiger partial charge in [0.2, 0.25) is 5.95 Å². The van der Waals surface area contributed by atoms with Crippen molar-refractivity contribution in [2.45, 2.75) is 83.1 Å². The highest BCUT2D eigenvalue weighted by Crippen LogP contribution is 2.28. The number of aliphatic hydroxyl groups is 2. The number of nitrogens with two attached hydrogens (primary N) is 2. The molecule has 0 bridgehead atoms. The van der Waals surface area contributed by atoms with E-state index < -0.39 is 71.8 Å². The van der Waals surface area contributed by atoms with E-state index in [4.69, 9.17) is 31.2 Å². The molecule has 5 atom stereocenters. The number of aliphatic hydroxyl groups excluding tert-OH is 2. The molecule has 1 aliphatic rings. The van der Waals surface area contributed by atoms with Crippen molar-refractivity contribution in [3.63, 3.8) is 0 Å². The van der Waals surface area contributed by atoms with E-state index in [-0.39, 0.29) is 42.4 Å². The monoisotopic (exact) mass is 799 g/mol. The van der Waals surface area contributed by atoms with Crippen LogP contribution in [0, 0.1) is 5.82 Å². The first kappa shape index (κ1) is 43.1. The van der Waals surface area contributed by atoms with Crippen LogP contribution < -0.4 is 33.1 Å². The lowest BCUT2D eigenvalue weighted by molar-refractivity contribution is -0.140. The molecule has 0 spiro atoms. The molecule has 11 N–H and O–H groups in total. The van der Waals surface area contributed by atoms with E-state index in [0.717, 1.165) is 23.6 Å². The molecule has 1 unspecified atom stereocenters. The van der Waals surface area contributed by atoms with Gasteiger partial charge in [0.25, 0.3) is 5.91 Å². The van der Waals surface area contributed by atoms with E-state index in [0.29, 0.717) is 29.9 Å². The number of aliphatic carboxylic acids is 2. The van der Waals surface area contributed by atoms with E-state index >= 15 is 0 Å². The number of nitrogens with zero attached hydrogens (tertiary/aromatic N) is 6. The molecular formula is C34H42FN11O11. The molecule has 4 aromatic rings. The highest BCUT2D eigenvalue weighted by Gasteiger charge is 2.42. The molecule has 57 heavy (non-hydrogen) atoms. The van der Waals surface area contributed by atoms with Crippen LogP contribution in [0.4, 0.5) is 32.5 Å². The number of halogens is 1. The number of nitrogen functional groups attached to an aromatic ring is 2. The number of anilines is 4. The molecule has 1 aromatic carbocycles. The molecule has 1 aliphatic heterocycles. The van der Waals surface area contributed by atoms with Gasteiger partial charge in [-0.25, -0.2) is 28.7 Å². The normalized spacial score (nSPS) is 17.8. The van der Waals surface area contributed by atoms with Gasteiger partial charge in [0.05, 0.1) is 37.3 Å². The smallest absolute Gasteiger partial charge is 0.412 e. The number of carboxylic acids is 2. The number of hydrogen-bond acceptors (Lipinski definition) is 17. The summed E-state index contributed by atoms with van der Waals surface area (Å²) in [6, 6.07) is 4.99. The lowest BCUT2D eigenvalue weighted by Crippen LogP contribution is -2.41. The maximum Gasteiger partial charge on any atom is 0.412 e. The number of unbranched alkanes of at least 4 members (excludes halogenated alkanes) is 2. The van der Waals surface area contributed by atoms with Gasteiger partial charge in [-0.2, -0.15) is 15.0 Å². The van der Waals surface area contributed by atoms with Crippen molar-refractivity contribution in [3.05, 3.63) is 64.2 Å². The van der Waals surface area contributed by atoms with Crippen molar-refractivity contribution in [2.24, 2.45) is 0 Å². The first-order valence-electron chi connectivity index (χ1n) is 17.5. The van der Waals surface area contributed by atoms with Crippen LogP contribution in [-0.4, -0.2) is 105 Å². The molecule has 1 saturated heterocycles. The van der Waals surface area contributed by atoms with Crippen molar-refractivity contribution in [1.29, 1.82) is 0 Å². The predicted octanol–water partition coefficient (Wildman–Crippen LogP) is 1.00. The number of rotatable bonds is 15. The molecule has 3 aromatic heterocycles. The molecule has 4 heterocycles. The number of carbonyl (C=O) groups excluding carboxylic acids is 2. The van der Waals surface area contributed by atoms with E-state index in [1.165, 1.54) is 25.3 Å². The number of carboxylic acid groups (broad SMARTS) is 2. The molecule has 5 rings (SSSR count). The number of aromatic nitrogens is 6. The van der Waals surface area contributed by atoms with Gasteiger partial charge in [-0.1, -0.05) is 19.8 Å². The summed E-state index contributed by atoms with van der Waals surface area (Å²) in [5.41, 5.74) is 12.5. The zero-order valence-corrected chi connectivity index (χ0v) is 30.7. The van der Waals surface area contributed by atoms with Crippen molar-refractivity contribution >= 4 is 58.4 Å². The molecule has 23 heteroatoms. The summed E-state index contributed by atoms with van der Waals surface area (Å²) in [6.45, 7) is 3.98. The average molecular weight is 800 g/mol. The van der Waals surface area contributed by atoms with Gasteiger partial charge < -0.3 is 52.0 Å². The minimum absolute atomic E-state index is 0.0101. The van der Waals surface area contributed by atoms with Crippen LogP contribution >= 0.6 is 0 Å². The fourth-order valence-electron chi connectivity index (χ4n) is 5.19. The number of amides is 2. The van der Waals surface area contributed by atoms with Crippen LogP contribution in [0.2, 0.25) is 0 Å². The highest BCUT2D eigenvalue weighted by molar-refractivity contribution is 5.97. The summed E-state index contributed by atoms with van der Waals surface area (Å²) in [7, 11) is 0. The second kappa shape index (κ2) is 19.8. The average Bonchev–Trinajstić information content (AvgIpc) is 3.42. The first-order chi connectivity index (χ1) is 27.1. The summed E-state index contributed by atoms with van der Waals surface area (Å²) in [6.07, 6.45) is -1.32. The Morgan fingerprint density at radius 1 is 1.04 bits per heavy atom. The van der Waals surface area contributed by atoms with E-state index in [2.05, 4.69) is 40.9 Å². The molecule has 0 aliphatic carbocycles. The Hall–Kier alpha value is -6.59. The third-order valence-electron chi connectivity index (χ3n) is 8.23. The number of carbonyl (C=O) groups is 4. The van der Waals surface area contributed by atoms with Crippen LogP contribution in [0.1, 0.15) is 68.2 Å². The zero-order valence-electron chi connectivity index (χ0n) is 30.7. The second-order valence-electron chi connectivity index (χ2n) is 12.5. The Bertz CT molecular complexity index is 2120. The van der Waals surface area contributed by atoms with Gasteiger partial charge in [-0.05, 0) is 44.0 Å². The Kier molecular flexibility index (Phi) is 15.0. The number of hydrogen-bond donors (Lipinski definition) is 9. The predicted molar refractivity (Wildman–Crippen MR) is 198 cm³/mol. The van der Waals surface area contributed by atoms with Gasteiger partial charge >= 0.3 is 23.7 Å². The van der Waals surface area contributed by atoms with Crippen molar-refractivity contribution in [1.82, 2.24) is 34.8 Å². The number of fused-ring (bicyclic) bond motifs is 1. The Morgan fingerprint density at radius 2 is 1.75 bits per heavy atom. The maximum atomic E-state index is 14.1. The SMILES string of the molecule is CCCCCOC(=O)Nc1nc(=O)n([C@@H]2O[C@H](C)[C@@H](O)[C@H]2O)cc1F.Nc1nc(N)c2nc(CNc3ccc(C(=O)NC(CCC(=O)O)C(=O)O)cc3)cnc2n1. The zero-order chi connectivity index (χ0) is 41.8. The fraction of sp³-hybridized carbons (Fsp3) is 0.412. The summed E-state index contributed by atoms with van der Waals surface area (Å²) < 4.78 is 24.9. The maximum absolute atomic E-state index is 14.1. The second-order valence-corrected chi connectivity index (χ2v) is 12.5. The lowest BCUT2D eigenvalue weighted by atomic mass is 10.1. The Labute approximate surface area is 322 Å². The minimum Gasteiger partial charge on any atom is -0.481 e. The van der Waals surface area contributed by atoms with Gasteiger partial charge in [0.15, 0.2) is 34.8 Å². The van der Waals surface area contributed by atoms with Gasteiger partial charge in [-0.3, -0.25) is 19.5 Å². The largest absolute Gasteiger partial charge is 0.481 e. The number of benzene rings is 1. The van der Waals surface area contributed by atoms with Crippen molar-refractivity contribution < 1.29 is 53.5 Å². The lowest BCUT2D eigenvalue weighted by Gasteiger charge is -2.17. The number of ether oxygens (including phenoxy) is 2. The Balaban J connectivity index is 0.000000261. The summed E-state index contributed by atoms with van der Waals surface area (Å²) in [5, 5.41) is 44.9. The molecule has 22 nitrogen and oxygen atoms in total. The molecule has 0 saturated carbocycles. The van der Waals surface area contributed by atoms with Gasteiger partial charge in [0.1, 0.15) is 18.2 Å². The molecular weight excluding hydrogens is 757 g/mol. The van der Waals surface area contributed by atoms with Crippen LogP contribution in [0.5, 0.6) is 0 Å².